The minimum atomic E-state index is 0.594. The molecule has 0 spiro atoms. The highest BCUT2D eigenvalue weighted by atomic mass is 32.1. The van der Waals surface area contributed by atoms with Crippen molar-refractivity contribution in [2.24, 2.45) is 0 Å². The summed E-state index contributed by atoms with van der Waals surface area (Å²) in [4.78, 5) is 7.18. The molecule has 0 aliphatic rings. The van der Waals surface area contributed by atoms with E-state index in [1.165, 1.54) is 31.3 Å². The summed E-state index contributed by atoms with van der Waals surface area (Å²) < 4.78 is 15.6. The molecular formula is C49H30N2O2S. The minimum Gasteiger partial charge on any atom is -0.456 e. The number of aromatic nitrogens is 1. The number of fused-ring (bicyclic) bond motifs is 8. The second-order valence-electron chi connectivity index (χ2n) is 13.5. The van der Waals surface area contributed by atoms with Gasteiger partial charge in [0, 0.05) is 48.2 Å². The van der Waals surface area contributed by atoms with E-state index < -0.39 is 0 Å². The molecule has 0 bridgehead atoms. The van der Waals surface area contributed by atoms with Crippen molar-refractivity contribution in [3.05, 3.63) is 182 Å². The topological polar surface area (TPSA) is 42.4 Å². The van der Waals surface area contributed by atoms with Crippen LogP contribution in [0.25, 0.3) is 86.9 Å². The maximum Gasteiger partial charge on any atom is 0.227 e. The zero-order chi connectivity index (χ0) is 35.6. The summed E-state index contributed by atoms with van der Waals surface area (Å²) in [5, 5.41) is 4.56. The third-order valence-electron chi connectivity index (χ3n) is 10.3. The lowest BCUT2D eigenvalue weighted by molar-refractivity contribution is 0.622. The van der Waals surface area contributed by atoms with Gasteiger partial charge in [0.05, 0.1) is 5.39 Å². The molecule has 0 amide bonds. The lowest BCUT2D eigenvalue weighted by atomic mass is 9.98. The van der Waals surface area contributed by atoms with Crippen molar-refractivity contribution in [2.45, 2.75) is 0 Å². The van der Waals surface area contributed by atoms with Crippen LogP contribution in [0.1, 0.15) is 0 Å². The first-order valence-corrected chi connectivity index (χ1v) is 18.8. The van der Waals surface area contributed by atoms with E-state index in [9.17, 15) is 0 Å². The lowest BCUT2D eigenvalue weighted by Gasteiger charge is -2.26. The number of anilines is 3. The van der Waals surface area contributed by atoms with Crippen LogP contribution in [0.5, 0.6) is 0 Å². The van der Waals surface area contributed by atoms with Crippen LogP contribution in [0.15, 0.2) is 191 Å². The van der Waals surface area contributed by atoms with Crippen LogP contribution >= 0.6 is 11.3 Å². The molecule has 0 aliphatic heterocycles. The Labute approximate surface area is 314 Å². The van der Waals surface area contributed by atoms with Crippen LogP contribution in [-0.2, 0) is 0 Å². The normalized spacial score (nSPS) is 11.7. The molecule has 0 atom stereocenters. The summed E-state index contributed by atoms with van der Waals surface area (Å²) >= 11 is 1.86. The van der Waals surface area contributed by atoms with Crippen LogP contribution < -0.4 is 4.90 Å². The molecule has 0 N–H and O–H groups in total. The van der Waals surface area contributed by atoms with Crippen molar-refractivity contribution in [1.82, 2.24) is 4.98 Å². The smallest absolute Gasteiger partial charge is 0.227 e. The molecule has 0 saturated heterocycles. The van der Waals surface area contributed by atoms with Crippen LogP contribution in [0.2, 0.25) is 0 Å². The summed E-state index contributed by atoms with van der Waals surface area (Å²) in [7, 11) is 0. The molecule has 0 radical (unpaired) electrons. The standard InChI is InChI=1S/C49H30N2O2S/c1-3-12-32(13-4-1)49-50-41-28-29-43-46(47(41)53-49)45-37(19-11-22-42(45)52-43)33-14-9-17-36(30-33)51(34-15-5-2-6-16-34)35-26-24-31(25-27-35)38-20-10-21-40-39-18-7-8-23-44(39)54-48(38)40/h1-30H. The number of hydrogen-bond donors (Lipinski definition) is 0. The van der Waals surface area contributed by atoms with Gasteiger partial charge < -0.3 is 13.7 Å². The van der Waals surface area contributed by atoms with Gasteiger partial charge in [0.15, 0.2) is 5.58 Å². The molecule has 254 valence electrons. The van der Waals surface area contributed by atoms with E-state index in [1.807, 2.05) is 59.9 Å². The summed E-state index contributed by atoms with van der Waals surface area (Å²) in [6, 6.07) is 63.9. The summed E-state index contributed by atoms with van der Waals surface area (Å²) in [6.07, 6.45) is 0. The second kappa shape index (κ2) is 12.3. The number of rotatable bonds is 6. The molecule has 8 aromatic carbocycles. The van der Waals surface area contributed by atoms with E-state index >= 15 is 0 Å². The highest BCUT2D eigenvalue weighted by Crippen LogP contribution is 2.44. The molecule has 0 aliphatic carbocycles. The monoisotopic (exact) mass is 710 g/mol. The van der Waals surface area contributed by atoms with Gasteiger partial charge in [-0.15, -0.1) is 11.3 Å². The molecule has 0 fully saturated rings. The first-order valence-electron chi connectivity index (χ1n) is 18.0. The van der Waals surface area contributed by atoms with Gasteiger partial charge in [-0.3, -0.25) is 0 Å². The van der Waals surface area contributed by atoms with E-state index in [0.29, 0.717) is 5.89 Å². The van der Waals surface area contributed by atoms with Crippen molar-refractivity contribution >= 4 is 81.6 Å². The molecule has 5 heteroatoms. The Morgan fingerprint density at radius 2 is 1.11 bits per heavy atom. The van der Waals surface area contributed by atoms with Crippen LogP contribution in [0, 0.1) is 0 Å². The van der Waals surface area contributed by atoms with Crippen molar-refractivity contribution in [3.63, 3.8) is 0 Å². The average Bonchev–Trinajstić information content (AvgIpc) is 3.96. The van der Waals surface area contributed by atoms with Gasteiger partial charge in [-0.25, -0.2) is 4.98 Å². The Morgan fingerprint density at radius 1 is 0.444 bits per heavy atom. The summed E-state index contributed by atoms with van der Waals surface area (Å²) in [6.45, 7) is 0. The Kier molecular flexibility index (Phi) is 7.00. The number of thiophene rings is 1. The number of hydrogen-bond acceptors (Lipinski definition) is 5. The van der Waals surface area contributed by atoms with E-state index in [4.69, 9.17) is 13.8 Å². The molecule has 0 unspecified atom stereocenters. The number of oxazole rings is 1. The molecule has 11 rings (SSSR count). The molecule has 54 heavy (non-hydrogen) atoms. The van der Waals surface area contributed by atoms with Gasteiger partial charge >= 0.3 is 0 Å². The molecule has 11 aromatic rings. The van der Waals surface area contributed by atoms with Gasteiger partial charge in [-0.05, 0) is 95.1 Å². The number of para-hydroxylation sites is 1. The zero-order valence-corrected chi connectivity index (χ0v) is 29.8. The van der Waals surface area contributed by atoms with E-state index in [1.54, 1.807) is 0 Å². The van der Waals surface area contributed by atoms with Crippen molar-refractivity contribution in [2.75, 3.05) is 4.90 Å². The maximum absolute atomic E-state index is 6.50. The first kappa shape index (κ1) is 30.7. The highest BCUT2D eigenvalue weighted by molar-refractivity contribution is 7.26. The zero-order valence-electron chi connectivity index (χ0n) is 28.9. The molecule has 3 heterocycles. The van der Waals surface area contributed by atoms with E-state index in [-0.39, 0.29) is 0 Å². The molecule has 3 aromatic heterocycles. The number of benzene rings is 8. The number of nitrogens with zero attached hydrogens (tertiary/aromatic N) is 2. The SMILES string of the molecule is c1ccc(-c2nc3ccc4oc5cccc(-c6cccc(N(c7ccccc7)c7ccc(-c8cccc9c8sc8ccccc89)cc7)c6)c5c4c3o2)cc1. The van der Waals surface area contributed by atoms with Crippen molar-refractivity contribution in [3.8, 4) is 33.7 Å². The Morgan fingerprint density at radius 3 is 1.98 bits per heavy atom. The van der Waals surface area contributed by atoms with Gasteiger partial charge in [0.25, 0.3) is 0 Å². The molecular weight excluding hydrogens is 681 g/mol. The highest BCUT2D eigenvalue weighted by Gasteiger charge is 2.21. The fourth-order valence-electron chi connectivity index (χ4n) is 7.83. The average molecular weight is 711 g/mol. The Bertz CT molecular complexity index is 3160. The Balaban J connectivity index is 1.04. The predicted molar refractivity (Wildman–Crippen MR) is 225 cm³/mol. The molecule has 4 nitrogen and oxygen atoms in total. The molecule has 0 saturated carbocycles. The van der Waals surface area contributed by atoms with Crippen molar-refractivity contribution in [1.29, 1.82) is 0 Å². The maximum atomic E-state index is 6.50. The predicted octanol–water partition coefficient (Wildman–Crippen LogP) is 14.6. The second-order valence-corrected chi connectivity index (χ2v) is 14.6. The van der Waals surface area contributed by atoms with Gasteiger partial charge in [0.2, 0.25) is 5.89 Å². The van der Waals surface area contributed by atoms with Gasteiger partial charge in [-0.1, -0.05) is 109 Å². The summed E-state index contributed by atoms with van der Waals surface area (Å²) in [5.41, 5.74) is 11.9. The van der Waals surface area contributed by atoms with Crippen LogP contribution in [0.3, 0.4) is 0 Å². The Hall–Kier alpha value is -6.95. The van der Waals surface area contributed by atoms with E-state index in [0.717, 1.165) is 66.8 Å². The van der Waals surface area contributed by atoms with Crippen LogP contribution in [0.4, 0.5) is 17.1 Å². The fraction of sp³-hybridized carbons (Fsp3) is 0. The third kappa shape index (κ3) is 4.94. The first-order chi connectivity index (χ1) is 26.8. The largest absolute Gasteiger partial charge is 0.456 e. The number of furan rings is 1. The van der Waals surface area contributed by atoms with Crippen LogP contribution in [-0.4, -0.2) is 4.98 Å². The van der Waals surface area contributed by atoms with E-state index in [2.05, 4.69) is 138 Å². The minimum absolute atomic E-state index is 0.594. The summed E-state index contributed by atoms with van der Waals surface area (Å²) in [5.74, 6) is 0.594. The van der Waals surface area contributed by atoms with Gasteiger partial charge in [-0.2, -0.15) is 0 Å². The third-order valence-corrected chi connectivity index (χ3v) is 11.5. The van der Waals surface area contributed by atoms with Gasteiger partial charge in [0.1, 0.15) is 16.7 Å². The quantitative estimate of drug-likeness (QED) is 0.172. The fourth-order valence-corrected chi connectivity index (χ4v) is 9.07. The van der Waals surface area contributed by atoms with Crippen molar-refractivity contribution < 1.29 is 8.83 Å². The lowest BCUT2D eigenvalue weighted by Crippen LogP contribution is -2.09.